The van der Waals surface area contributed by atoms with Gasteiger partial charge in [0.05, 0.1) is 16.9 Å². The number of benzene rings is 1. The summed E-state index contributed by atoms with van der Waals surface area (Å²) in [5.41, 5.74) is 1.28. The fourth-order valence-corrected chi connectivity index (χ4v) is 5.07. The molecule has 9 heteroatoms. The third-order valence-corrected chi connectivity index (χ3v) is 6.91. The number of rotatable bonds is 5. The Morgan fingerprint density at radius 2 is 1.74 bits per heavy atom. The molecule has 2 aromatic heterocycles. The van der Waals surface area contributed by atoms with Gasteiger partial charge in [-0.15, -0.1) is 0 Å². The number of sulfone groups is 1. The van der Waals surface area contributed by atoms with Crippen LogP contribution in [0.2, 0.25) is 0 Å². The number of piperazine rings is 1. The van der Waals surface area contributed by atoms with Crippen LogP contribution in [0.25, 0.3) is 0 Å². The lowest BCUT2D eigenvalue weighted by Crippen LogP contribution is -2.49. The molecule has 4 rings (SSSR count). The van der Waals surface area contributed by atoms with Crippen molar-refractivity contribution in [2.45, 2.75) is 24.5 Å². The van der Waals surface area contributed by atoms with E-state index in [2.05, 4.69) is 14.9 Å². The molecule has 8 nitrogen and oxygen atoms in total. The van der Waals surface area contributed by atoms with E-state index >= 15 is 0 Å². The summed E-state index contributed by atoms with van der Waals surface area (Å²) in [6, 6.07) is 11.7. The summed E-state index contributed by atoms with van der Waals surface area (Å²) in [6.45, 7) is 6.02. The Hall–Kier alpha value is -3.20. The third kappa shape index (κ3) is 4.61. The first-order valence-corrected chi connectivity index (χ1v) is 11.7. The fraction of sp³-hybridized carbons (Fsp3) is 0.318. The molecule has 3 aromatic rings. The highest BCUT2D eigenvalue weighted by Gasteiger charge is 2.28. The van der Waals surface area contributed by atoms with Gasteiger partial charge in [0.25, 0.3) is 5.91 Å². The van der Waals surface area contributed by atoms with Crippen LogP contribution < -0.4 is 4.90 Å². The van der Waals surface area contributed by atoms with Gasteiger partial charge in [-0.2, -0.15) is 0 Å². The smallest absolute Gasteiger partial charge is 0.289 e. The number of anilines is 1. The van der Waals surface area contributed by atoms with E-state index in [4.69, 9.17) is 4.42 Å². The van der Waals surface area contributed by atoms with E-state index in [9.17, 15) is 13.2 Å². The minimum absolute atomic E-state index is 0.0849. The summed E-state index contributed by atoms with van der Waals surface area (Å²) < 4.78 is 30.9. The number of hydrogen-bond donors (Lipinski definition) is 0. The van der Waals surface area contributed by atoms with E-state index in [0.29, 0.717) is 37.6 Å². The number of carbonyl (C=O) groups excluding carboxylic acids is 1. The van der Waals surface area contributed by atoms with Crippen LogP contribution in [0, 0.1) is 13.8 Å². The molecule has 1 aromatic carbocycles. The van der Waals surface area contributed by atoms with Crippen molar-refractivity contribution in [1.29, 1.82) is 0 Å². The second kappa shape index (κ2) is 8.50. The number of aromatic nitrogens is 2. The molecule has 31 heavy (non-hydrogen) atoms. The molecule has 0 bridgehead atoms. The van der Waals surface area contributed by atoms with Gasteiger partial charge < -0.3 is 14.2 Å². The number of carbonyl (C=O) groups is 1. The average Bonchev–Trinajstić information content (AvgIpc) is 3.20. The Morgan fingerprint density at radius 3 is 2.42 bits per heavy atom. The molecule has 0 aliphatic carbocycles. The summed E-state index contributed by atoms with van der Waals surface area (Å²) in [5.74, 6) is 1.08. The van der Waals surface area contributed by atoms with Gasteiger partial charge in [0, 0.05) is 43.5 Å². The van der Waals surface area contributed by atoms with Crippen molar-refractivity contribution in [2.24, 2.45) is 0 Å². The Kier molecular flexibility index (Phi) is 5.77. The van der Waals surface area contributed by atoms with Gasteiger partial charge in [-0.05, 0) is 32.0 Å². The van der Waals surface area contributed by atoms with Crippen molar-refractivity contribution >= 4 is 21.6 Å². The molecule has 1 saturated heterocycles. The normalized spacial score (nSPS) is 14.6. The van der Waals surface area contributed by atoms with Crippen LogP contribution in [-0.4, -0.2) is 55.4 Å². The lowest BCUT2D eigenvalue weighted by molar-refractivity contribution is 0.0713. The third-order valence-electron chi connectivity index (χ3n) is 5.23. The highest BCUT2D eigenvalue weighted by molar-refractivity contribution is 7.90. The predicted molar refractivity (Wildman–Crippen MR) is 116 cm³/mol. The largest absolute Gasteiger partial charge is 0.459 e. The number of nitrogens with zero attached hydrogens (tertiary/aromatic N) is 4. The van der Waals surface area contributed by atoms with Crippen molar-refractivity contribution < 1.29 is 17.6 Å². The average molecular weight is 441 g/mol. The highest BCUT2D eigenvalue weighted by atomic mass is 32.2. The first-order valence-electron chi connectivity index (χ1n) is 10.0. The Bertz CT molecular complexity index is 1160. The molecule has 0 unspecified atom stereocenters. The van der Waals surface area contributed by atoms with Crippen molar-refractivity contribution in [2.75, 3.05) is 31.1 Å². The summed E-state index contributed by atoms with van der Waals surface area (Å²) in [7, 11) is -3.58. The standard InChI is InChI=1S/C22H24N4O4S/c1-16-14-20(24-17(2)23-16)25-9-11-26(12-10-25)22(27)21-18(8-13-30-21)15-31(28,29)19-6-4-3-5-7-19/h3-8,13-14H,9-12,15H2,1-2H3. The van der Waals surface area contributed by atoms with E-state index in [-0.39, 0.29) is 22.3 Å². The van der Waals surface area contributed by atoms with Gasteiger partial charge in [-0.1, -0.05) is 18.2 Å². The van der Waals surface area contributed by atoms with Gasteiger partial charge in [-0.3, -0.25) is 4.79 Å². The quantitative estimate of drug-likeness (QED) is 0.602. The molecule has 0 saturated carbocycles. The van der Waals surface area contributed by atoms with Crippen molar-refractivity contribution in [3.63, 3.8) is 0 Å². The number of hydrogen-bond acceptors (Lipinski definition) is 7. The van der Waals surface area contributed by atoms with Gasteiger partial charge in [0.15, 0.2) is 15.6 Å². The van der Waals surface area contributed by atoms with Crippen LogP contribution in [0.5, 0.6) is 0 Å². The van der Waals surface area contributed by atoms with Gasteiger partial charge in [0.1, 0.15) is 11.6 Å². The van der Waals surface area contributed by atoms with E-state index < -0.39 is 9.84 Å². The Morgan fingerprint density at radius 1 is 1.03 bits per heavy atom. The van der Waals surface area contributed by atoms with Crippen LogP contribution in [-0.2, 0) is 15.6 Å². The molecule has 1 fully saturated rings. The molecule has 1 aliphatic heterocycles. The van der Waals surface area contributed by atoms with Gasteiger partial charge >= 0.3 is 0 Å². The topological polar surface area (TPSA) is 96.6 Å². The molecule has 3 heterocycles. The second-order valence-corrected chi connectivity index (χ2v) is 9.53. The van der Waals surface area contributed by atoms with Gasteiger partial charge in [0.2, 0.25) is 0 Å². The van der Waals surface area contributed by atoms with Crippen molar-refractivity contribution in [3.8, 4) is 0 Å². The van der Waals surface area contributed by atoms with Gasteiger partial charge in [-0.25, -0.2) is 18.4 Å². The van der Waals surface area contributed by atoms with Crippen LogP contribution in [0.1, 0.15) is 27.6 Å². The van der Waals surface area contributed by atoms with E-state index in [1.54, 1.807) is 41.3 Å². The summed E-state index contributed by atoms with van der Waals surface area (Å²) >= 11 is 0. The minimum Gasteiger partial charge on any atom is -0.459 e. The zero-order chi connectivity index (χ0) is 22.0. The van der Waals surface area contributed by atoms with Crippen LogP contribution in [0.15, 0.2) is 58.0 Å². The van der Waals surface area contributed by atoms with Crippen molar-refractivity contribution in [3.05, 3.63) is 71.6 Å². The monoisotopic (exact) mass is 440 g/mol. The maximum atomic E-state index is 13.0. The zero-order valence-electron chi connectivity index (χ0n) is 17.5. The maximum Gasteiger partial charge on any atom is 0.289 e. The summed E-state index contributed by atoms with van der Waals surface area (Å²) in [5, 5.41) is 0. The summed E-state index contributed by atoms with van der Waals surface area (Å²) in [6.07, 6.45) is 1.37. The molecule has 1 amide bonds. The van der Waals surface area contributed by atoms with Crippen molar-refractivity contribution in [1.82, 2.24) is 14.9 Å². The SMILES string of the molecule is Cc1cc(N2CCN(C(=O)c3occc3CS(=O)(=O)c3ccccc3)CC2)nc(C)n1. The molecular formula is C22H24N4O4S. The molecule has 1 aliphatic rings. The van der Waals surface area contributed by atoms with Crippen LogP contribution >= 0.6 is 0 Å². The highest BCUT2D eigenvalue weighted by Crippen LogP contribution is 2.22. The second-order valence-electron chi connectivity index (χ2n) is 7.54. The minimum atomic E-state index is -3.58. The molecular weight excluding hydrogens is 416 g/mol. The van der Waals surface area contributed by atoms with Crippen LogP contribution in [0.4, 0.5) is 5.82 Å². The maximum absolute atomic E-state index is 13.0. The lowest BCUT2D eigenvalue weighted by Gasteiger charge is -2.35. The molecule has 0 N–H and O–H groups in total. The molecule has 0 radical (unpaired) electrons. The summed E-state index contributed by atoms with van der Waals surface area (Å²) in [4.78, 5) is 25.9. The number of aryl methyl sites for hydroxylation is 2. The molecule has 0 atom stereocenters. The van der Waals surface area contributed by atoms with E-state index in [1.807, 2.05) is 19.9 Å². The fourth-order valence-electron chi connectivity index (χ4n) is 3.69. The van der Waals surface area contributed by atoms with E-state index in [1.165, 1.54) is 6.26 Å². The predicted octanol–water partition coefficient (Wildman–Crippen LogP) is 2.62. The first kappa shape index (κ1) is 21.0. The Labute approximate surface area is 181 Å². The van der Waals surface area contributed by atoms with E-state index in [0.717, 1.165) is 11.5 Å². The molecule has 0 spiro atoms. The number of furan rings is 1. The molecule has 162 valence electrons. The Balaban J connectivity index is 1.45. The number of amides is 1. The van der Waals surface area contributed by atoms with Crippen LogP contribution in [0.3, 0.4) is 0 Å². The zero-order valence-corrected chi connectivity index (χ0v) is 18.3. The first-order chi connectivity index (χ1) is 14.8. The lowest BCUT2D eigenvalue weighted by atomic mass is 10.2.